The van der Waals surface area contributed by atoms with E-state index in [0.717, 1.165) is 17.7 Å². The maximum atomic E-state index is 14.1. The lowest BCUT2D eigenvalue weighted by Crippen LogP contribution is -2.10. The number of rotatable bonds is 4. The van der Waals surface area contributed by atoms with Gasteiger partial charge in [-0.1, -0.05) is 0 Å². The molecule has 1 aliphatic rings. The number of halogens is 2. The molecule has 0 amide bonds. The van der Waals surface area contributed by atoms with Crippen LogP contribution in [0.2, 0.25) is 0 Å². The van der Waals surface area contributed by atoms with Crippen LogP contribution in [0, 0.1) is 28.7 Å². The van der Waals surface area contributed by atoms with Crippen molar-refractivity contribution < 1.29 is 23.2 Å². The number of non-ortho nitro benzene ring substituents is 1. The fourth-order valence-electron chi connectivity index (χ4n) is 3.68. The van der Waals surface area contributed by atoms with E-state index in [9.17, 15) is 23.7 Å². The average molecular weight is 398 g/mol. The van der Waals surface area contributed by atoms with E-state index in [4.69, 9.17) is 4.74 Å². The normalized spacial score (nSPS) is 13.3. The SMILES string of the molecule is Cc1[nH]c(-c2cc([N+](=O)[O-])ccc2Oc2ccc(F)cc2F)c2c1C(=O)CCC2. The van der Waals surface area contributed by atoms with Gasteiger partial charge in [-0.15, -0.1) is 0 Å². The Balaban J connectivity index is 1.88. The van der Waals surface area contributed by atoms with E-state index < -0.39 is 16.6 Å². The Hall–Kier alpha value is -3.55. The number of aryl methyl sites for hydroxylation is 1. The van der Waals surface area contributed by atoms with Crippen LogP contribution in [-0.4, -0.2) is 15.7 Å². The van der Waals surface area contributed by atoms with E-state index in [1.54, 1.807) is 6.92 Å². The quantitative estimate of drug-likeness (QED) is 0.465. The number of ether oxygens (including phenoxy) is 1. The van der Waals surface area contributed by atoms with Gasteiger partial charge in [0.25, 0.3) is 5.69 Å². The first-order chi connectivity index (χ1) is 13.8. The van der Waals surface area contributed by atoms with Gasteiger partial charge in [-0.05, 0) is 43.5 Å². The fourth-order valence-corrected chi connectivity index (χ4v) is 3.68. The molecule has 2 aromatic carbocycles. The zero-order chi connectivity index (χ0) is 20.7. The molecule has 4 rings (SSSR count). The Bertz CT molecular complexity index is 1150. The van der Waals surface area contributed by atoms with Gasteiger partial charge in [0.15, 0.2) is 17.3 Å². The Morgan fingerprint density at radius 3 is 2.59 bits per heavy atom. The predicted molar refractivity (Wildman–Crippen MR) is 101 cm³/mol. The van der Waals surface area contributed by atoms with Crippen LogP contribution in [0.4, 0.5) is 14.5 Å². The standard InChI is InChI=1S/C21H16F2N2O4/c1-11-20-14(3-2-4-17(20)26)21(24-11)15-10-13(25(27)28)6-8-18(15)29-19-7-5-12(22)9-16(19)23/h5-10,24H,2-4H2,1H3. The van der Waals surface area contributed by atoms with Crippen molar-refractivity contribution in [1.29, 1.82) is 0 Å². The molecular weight excluding hydrogens is 382 g/mol. The molecule has 0 saturated carbocycles. The van der Waals surface area contributed by atoms with Crippen molar-refractivity contribution in [2.75, 3.05) is 0 Å². The minimum Gasteiger partial charge on any atom is -0.454 e. The first-order valence-electron chi connectivity index (χ1n) is 9.01. The van der Waals surface area contributed by atoms with Gasteiger partial charge in [0.1, 0.15) is 11.6 Å². The molecule has 1 heterocycles. The molecule has 0 spiro atoms. The van der Waals surface area contributed by atoms with Gasteiger partial charge in [0.05, 0.1) is 10.6 Å². The Morgan fingerprint density at radius 1 is 1.10 bits per heavy atom. The third-order valence-electron chi connectivity index (χ3n) is 4.96. The predicted octanol–water partition coefficient (Wildman–Crippen LogP) is 5.49. The van der Waals surface area contributed by atoms with E-state index in [0.29, 0.717) is 47.8 Å². The molecule has 0 radical (unpaired) electrons. The van der Waals surface area contributed by atoms with Crippen LogP contribution in [0.15, 0.2) is 36.4 Å². The lowest BCUT2D eigenvalue weighted by molar-refractivity contribution is -0.384. The molecule has 0 bridgehead atoms. The molecule has 1 N–H and O–H groups in total. The largest absolute Gasteiger partial charge is 0.454 e. The molecule has 0 aliphatic heterocycles. The number of hydrogen-bond acceptors (Lipinski definition) is 4. The summed E-state index contributed by atoms with van der Waals surface area (Å²) in [5.74, 6) is -1.68. The topological polar surface area (TPSA) is 85.2 Å². The van der Waals surface area contributed by atoms with Crippen molar-refractivity contribution >= 4 is 11.5 Å². The van der Waals surface area contributed by atoms with E-state index >= 15 is 0 Å². The van der Waals surface area contributed by atoms with E-state index in [1.807, 2.05) is 0 Å². The average Bonchev–Trinajstić information content (AvgIpc) is 3.02. The summed E-state index contributed by atoms with van der Waals surface area (Å²) in [5.41, 5.74) is 2.73. The summed E-state index contributed by atoms with van der Waals surface area (Å²) in [6.07, 6.45) is 1.76. The minimum absolute atomic E-state index is 0.0173. The molecule has 6 nitrogen and oxygen atoms in total. The smallest absolute Gasteiger partial charge is 0.270 e. The van der Waals surface area contributed by atoms with Gasteiger partial charge in [0.2, 0.25) is 0 Å². The molecule has 1 aliphatic carbocycles. The number of aromatic amines is 1. The molecule has 29 heavy (non-hydrogen) atoms. The first-order valence-corrected chi connectivity index (χ1v) is 9.01. The monoisotopic (exact) mass is 398 g/mol. The molecule has 0 unspecified atom stereocenters. The number of carbonyl (C=O) groups excluding carboxylic acids is 1. The highest BCUT2D eigenvalue weighted by Gasteiger charge is 2.27. The number of H-pyrrole nitrogens is 1. The molecule has 1 aromatic heterocycles. The van der Waals surface area contributed by atoms with Crippen LogP contribution in [0.5, 0.6) is 11.5 Å². The molecule has 0 fully saturated rings. The number of benzene rings is 2. The number of nitrogens with zero attached hydrogens (tertiary/aromatic N) is 1. The maximum Gasteiger partial charge on any atom is 0.270 e. The Kier molecular flexibility index (Phi) is 4.62. The number of ketones is 1. The number of nitro groups is 1. The van der Waals surface area contributed by atoms with E-state index in [-0.39, 0.29) is 23.0 Å². The van der Waals surface area contributed by atoms with Gasteiger partial charge in [-0.2, -0.15) is 0 Å². The van der Waals surface area contributed by atoms with Crippen molar-refractivity contribution in [2.45, 2.75) is 26.2 Å². The summed E-state index contributed by atoms with van der Waals surface area (Å²) >= 11 is 0. The molecule has 0 saturated heterocycles. The first kappa shape index (κ1) is 18.8. The summed E-state index contributed by atoms with van der Waals surface area (Å²) in [5, 5.41) is 11.3. The second kappa shape index (κ2) is 7.12. The van der Waals surface area contributed by atoms with Crippen LogP contribution in [0.3, 0.4) is 0 Å². The van der Waals surface area contributed by atoms with Crippen molar-refractivity contribution in [2.24, 2.45) is 0 Å². The summed E-state index contributed by atoms with van der Waals surface area (Å²) in [4.78, 5) is 26.2. The van der Waals surface area contributed by atoms with Gasteiger partial charge in [0, 0.05) is 41.4 Å². The molecule has 3 aromatic rings. The zero-order valence-corrected chi connectivity index (χ0v) is 15.4. The van der Waals surface area contributed by atoms with Gasteiger partial charge in [-0.25, -0.2) is 8.78 Å². The van der Waals surface area contributed by atoms with Gasteiger partial charge in [-0.3, -0.25) is 14.9 Å². The second-order valence-electron chi connectivity index (χ2n) is 6.87. The third-order valence-corrected chi connectivity index (χ3v) is 4.96. The number of nitro benzene ring substituents is 1. The Labute approximate surface area is 164 Å². The molecule has 8 heteroatoms. The van der Waals surface area contributed by atoms with E-state index in [2.05, 4.69) is 4.98 Å². The van der Waals surface area contributed by atoms with Crippen LogP contribution in [-0.2, 0) is 6.42 Å². The lowest BCUT2D eigenvalue weighted by Gasteiger charge is -2.15. The highest BCUT2D eigenvalue weighted by atomic mass is 19.1. The summed E-state index contributed by atoms with van der Waals surface area (Å²) in [6, 6.07) is 6.83. The van der Waals surface area contributed by atoms with Crippen LogP contribution in [0.1, 0.15) is 34.5 Å². The summed E-state index contributed by atoms with van der Waals surface area (Å²) in [7, 11) is 0. The minimum atomic E-state index is -0.894. The number of Topliss-reactive ketones (excluding diaryl/α,β-unsaturated/α-hetero) is 1. The maximum absolute atomic E-state index is 14.1. The van der Waals surface area contributed by atoms with Crippen molar-refractivity contribution in [1.82, 2.24) is 4.98 Å². The molecule has 0 atom stereocenters. The Morgan fingerprint density at radius 2 is 1.86 bits per heavy atom. The highest BCUT2D eigenvalue weighted by Crippen LogP contribution is 2.41. The number of fused-ring (bicyclic) bond motifs is 1. The van der Waals surface area contributed by atoms with Crippen molar-refractivity contribution in [3.8, 4) is 22.8 Å². The number of nitrogens with one attached hydrogen (secondary N) is 1. The molecule has 148 valence electrons. The van der Waals surface area contributed by atoms with Crippen LogP contribution < -0.4 is 4.74 Å². The van der Waals surface area contributed by atoms with Gasteiger partial charge >= 0.3 is 0 Å². The van der Waals surface area contributed by atoms with Gasteiger partial charge < -0.3 is 9.72 Å². The zero-order valence-electron chi connectivity index (χ0n) is 15.4. The van der Waals surface area contributed by atoms with E-state index in [1.165, 1.54) is 18.2 Å². The van der Waals surface area contributed by atoms with Crippen molar-refractivity contribution in [3.63, 3.8) is 0 Å². The summed E-state index contributed by atoms with van der Waals surface area (Å²) < 4.78 is 32.9. The summed E-state index contributed by atoms with van der Waals surface area (Å²) in [6.45, 7) is 1.77. The molecular formula is C21H16F2N2O4. The van der Waals surface area contributed by atoms with Crippen LogP contribution in [0.25, 0.3) is 11.3 Å². The second-order valence-corrected chi connectivity index (χ2v) is 6.87. The van der Waals surface area contributed by atoms with Crippen LogP contribution >= 0.6 is 0 Å². The third kappa shape index (κ3) is 3.37. The number of hydrogen-bond donors (Lipinski definition) is 1. The number of carbonyl (C=O) groups is 1. The fraction of sp³-hybridized carbons (Fsp3) is 0.190. The number of aromatic nitrogens is 1. The highest BCUT2D eigenvalue weighted by molar-refractivity contribution is 6.01. The van der Waals surface area contributed by atoms with Crippen molar-refractivity contribution in [3.05, 3.63) is 75.0 Å². The lowest BCUT2D eigenvalue weighted by atomic mass is 9.89.